The molecule has 3 heterocycles. The predicted molar refractivity (Wildman–Crippen MR) is 159 cm³/mol. The van der Waals surface area contributed by atoms with Gasteiger partial charge in [-0.1, -0.05) is 24.3 Å². The van der Waals surface area contributed by atoms with Gasteiger partial charge in [0.15, 0.2) is 9.84 Å². The maximum absolute atomic E-state index is 11.9. The summed E-state index contributed by atoms with van der Waals surface area (Å²) in [7, 11) is -1.16. The highest BCUT2D eigenvalue weighted by Crippen LogP contribution is 2.35. The molecule has 0 spiro atoms. The minimum Gasteiger partial charge on any atom is -0.371 e. The second-order valence-corrected chi connectivity index (χ2v) is 13.4. The van der Waals surface area contributed by atoms with Crippen molar-refractivity contribution in [1.82, 2.24) is 14.5 Å². The topological polar surface area (TPSA) is 58.4 Å². The molecule has 0 saturated carbocycles. The molecule has 0 radical (unpaired) electrons. The normalized spacial score (nSPS) is 18.2. The van der Waals surface area contributed by atoms with Crippen LogP contribution in [0.15, 0.2) is 71.6 Å². The Kier molecular flexibility index (Phi) is 6.98. The molecule has 2 fully saturated rings. The Morgan fingerprint density at radius 3 is 2.15 bits per heavy atom. The Labute approximate surface area is 232 Å². The molecule has 0 unspecified atom stereocenters. The Hall–Kier alpha value is -3.16. The maximum Gasteiger partial charge on any atom is 0.175 e. The highest BCUT2D eigenvalue weighted by Gasteiger charge is 2.29. The number of sulfone groups is 1. The summed E-state index contributed by atoms with van der Waals surface area (Å²) in [5.74, 6) is 1.43. The van der Waals surface area contributed by atoms with E-state index < -0.39 is 9.84 Å². The van der Waals surface area contributed by atoms with Crippen LogP contribution in [-0.4, -0.2) is 61.3 Å². The van der Waals surface area contributed by atoms with Crippen LogP contribution in [0, 0.1) is 6.92 Å². The number of rotatable bonds is 5. The van der Waals surface area contributed by atoms with E-state index in [-0.39, 0.29) is 0 Å². The molecule has 7 heteroatoms. The van der Waals surface area contributed by atoms with Gasteiger partial charge in [0.1, 0.15) is 5.82 Å². The summed E-state index contributed by atoms with van der Waals surface area (Å²) in [4.78, 5) is 10.6. The smallest absolute Gasteiger partial charge is 0.175 e. The van der Waals surface area contributed by atoms with Crippen molar-refractivity contribution in [3.05, 3.63) is 77.9 Å². The number of hydrogen-bond donors (Lipinski definition) is 0. The van der Waals surface area contributed by atoms with Crippen LogP contribution in [0.3, 0.4) is 0 Å². The molecular weight excluding hydrogens is 504 g/mol. The van der Waals surface area contributed by atoms with Crippen molar-refractivity contribution in [3.8, 4) is 11.4 Å². The lowest BCUT2D eigenvalue weighted by atomic mass is 9.87. The first-order valence-corrected chi connectivity index (χ1v) is 16.0. The SMILES string of the molecule is Cc1cc(C2CCN(C3CCN(c4ccccc4)CC3)CC2)cc2c1nc(-c1ccc(S(C)(=O)=O)cc1)n2C. The van der Waals surface area contributed by atoms with E-state index in [4.69, 9.17) is 4.98 Å². The van der Waals surface area contributed by atoms with Crippen molar-refractivity contribution in [3.63, 3.8) is 0 Å². The number of likely N-dealkylation sites (tertiary alicyclic amines) is 1. The van der Waals surface area contributed by atoms with E-state index in [9.17, 15) is 8.42 Å². The van der Waals surface area contributed by atoms with Crippen molar-refractivity contribution < 1.29 is 8.42 Å². The van der Waals surface area contributed by atoms with Crippen LogP contribution < -0.4 is 4.90 Å². The first kappa shape index (κ1) is 26.1. The Balaban J connectivity index is 1.14. The van der Waals surface area contributed by atoms with E-state index in [1.165, 1.54) is 61.8 Å². The van der Waals surface area contributed by atoms with Crippen LogP contribution in [0.5, 0.6) is 0 Å². The molecule has 2 aliphatic heterocycles. The van der Waals surface area contributed by atoms with Crippen LogP contribution in [0.25, 0.3) is 22.4 Å². The van der Waals surface area contributed by atoms with E-state index in [0.29, 0.717) is 16.9 Å². The first-order chi connectivity index (χ1) is 18.8. The van der Waals surface area contributed by atoms with Gasteiger partial charge >= 0.3 is 0 Å². The van der Waals surface area contributed by atoms with Crippen molar-refractivity contribution in [2.24, 2.45) is 7.05 Å². The van der Waals surface area contributed by atoms with Gasteiger partial charge < -0.3 is 14.4 Å². The van der Waals surface area contributed by atoms with Gasteiger partial charge in [0, 0.05) is 43.7 Å². The van der Waals surface area contributed by atoms with Gasteiger partial charge in [0.05, 0.1) is 15.9 Å². The van der Waals surface area contributed by atoms with Gasteiger partial charge in [0.25, 0.3) is 0 Å². The molecule has 6 nitrogen and oxygen atoms in total. The van der Waals surface area contributed by atoms with E-state index in [2.05, 4.69) is 70.8 Å². The molecule has 2 aliphatic rings. The Morgan fingerprint density at radius 2 is 1.51 bits per heavy atom. The number of aryl methyl sites for hydroxylation is 2. The molecule has 4 aromatic rings. The average Bonchev–Trinajstić information content (AvgIpc) is 3.30. The van der Waals surface area contributed by atoms with Crippen LogP contribution >= 0.6 is 0 Å². The molecule has 0 atom stereocenters. The van der Waals surface area contributed by atoms with E-state index in [1.54, 1.807) is 12.1 Å². The number of hydrogen-bond acceptors (Lipinski definition) is 5. The molecule has 0 aliphatic carbocycles. The quantitative estimate of drug-likeness (QED) is 0.319. The lowest BCUT2D eigenvalue weighted by Gasteiger charge is -2.42. The number of anilines is 1. The summed E-state index contributed by atoms with van der Waals surface area (Å²) >= 11 is 0. The molecule has 204 valence electrons. The molecule has 6 rings (SSSR count). The van der Waals surface area contributed by atoms with Gasteiger partial charge in [-0.05, 0) is 105 Å². The van der Waals surface area contributed by atoms with Gasteiger partial charge in [-0.3, -0.25) is 0 Å². The zero-order valence-electron chi connectivity index (χ0n) is 23.2. The fourth-order valence-electron chi connectivity index (χ4n) is 6.56. The fraction of sp³-hybridized carbons (Fsp3) is 0.406. The molecule has 0 N–H and O–H groups in total. The van der Waals surface area contributed by atoms with Crippen LogP contribution in [0.4, 0.5) is 5.69 Å². The summed E-state index contributed by atoms with van der Waals surface area (Å²) in [6, 6.07) is 23.2. The Bertz CT molecular complexity index is 1560. The lowest BCUT2D eigenvalue weighted by Crippen LogP contribution is -2.47. The summed E-state index contributed by atoms with van der Waals surface area (Å²) in [6.07, 6.45) is 6.12. The number of para-hydroxylation sites is 1. The molecule has 2 saturated heterocycles. The van der Waals surface area contributed by atoms with Crippen molar-refractivity contribution in [2.75, 3.05) is 37.3 Å². The summed E-state index contributed by atoms with van der Waals surface area (Å²) in [5, 5.41) is 0. The minimum atomic E-state index is -3.22. The summed E-state index contributed by atoms with van der Waals surface area (Å²) < 4.78 is 25.9. The second kappa shape index (κ2) is 10.4. The number of benzene rings is 3. The predicted octanol–water partition coefficient (Wildman–Crippen LogP) is 5.80. The van der Waals surface area contributed by atoms with Gasteiger partial charge in [-0.15, -0.1) is 0 Å². The number of piperidine rings is 2. The molecule has 0 bridgehead atoms. The zero-order valence-corrected chi connectivity index (χ0v) is 24.0. The van der Waals surface area contributed by atoms with Crippen LogP contribution in [0.2, 0.25) is 0 Å². The van der Waals surface area contributed by atoms with Gasteiger partial charge in [-0.2, -0.15) is 0 Å². The van der Waals surface area contributed by atoms with Crippen molar-refractivity contribution in [2.45, 2.75) is 49.5 Å². The largest absolute Gasteiger partial charge is 0.371 e. The zero-order chi connectivity index (χ0) is 27.1. The highest BCUT2D eigenvalue weighted by molar-refractivity contribution is 7.90. The van der Waals surface area contributed by atoms with E-state index >= 15 is 0 Å². The van der Waals surface area contributed by atoms with E-state index in [1.807, 2.05) is 12.1 Å². The molecule has 39 heavy (non-hydrogen) atoms. The third-order valence-electron chi connectivity index (χ3n) is 8.84. The first-order valence-electron chi connectivity index (χ1n) is 14.1. The monoisotopic (exact) mass is 542 g/mol. The second-order valence-electron chi connectivity index (χ2n) is 11.4. The summed E-state index contributed by atoms with van der Waals surface area (Å²) in [6.45, 7) is 6.78. The van der Waals surface area contributed by atoms with Crippen molar-refractivity contribution >= 4 is 26.6 Å². The fourth-order valence-corrected chi connectivity index (χ4v) is 7.19. The maximum atomic E-state index is 11.9. The van der Waals surface area contributed by atoms with Crippen LogP contribution in [-0.2, 0) is 16.9 Å². The molecule has 0 amide bonds. The number of imidazole rings is 1. The van der Waals surface area contributed by atoms with Crippen LogP contribution in [0.1, 0.15) is 42.7 Å². The molecule has 1 aromatic heterocycles. The third kappa shape index (κ3) is 5.22. The Morgan fingerprint density at radius 1 is 0.846 bits per heavy atom. The van der Waals surface area contributed by atoms with Gasteiger partial charge in [-0.25, -0.2) is 13.4 Å². The lowest BCUT2D eigenvalue weighted by molar-refractivity contribution is 0.132. The minimum absolute atomic E-state index is 0.330. The third-order valence-corrected chi connectivity index (χ3v) is 9.97. The number of fused-ring (bicyclic) bond motifs is 1. The molecule has 3 aromatic carbocycles. The van der Waals surface area contributed by atoms with E-state index in [0.717, 1.165) is 35.5 Å². The average molecular weight is 543 g/mol. The summed E-state index contributed by atoms with van der Waals surface area (Å²) in [5.41, 5.74) is 7.06. The highest BCUT2D eigenvalue weighted by atomic mass is 32.2. The standard InChI is InChI=1S/C32H38N4O2S/c1-23-21-26(22-30-31(23)33-32(34(30)2)25-9-11-29(12-10-25)39(3,37)38)24-13-17-35(18-14-24)28-15-19-36(20-16-28)27-7-5-4-6-8-27/h4-12,21-22,24,28H,13-20H2,1-3H3. The number of nitrogens with zero attached hydrogens (tertiary/aromatic N) is 4. The van der Waals surface area contributed by atoms with Crippen molar-refractivity contribution in [1.29, 1.82) is 0 Å². The number of aromatic nitrogens is 2. The van der Waals surface area contributed by atoms with Gasteiger partial charge in [0.2, 0.25) is 0 Å². The molecular formula is C32H38N4O2S.